The molecule has 2 aromatic heterocycles. The van der Waals surface area contributed by atoms with Crippen molar-refractivity contribution < 1.29 is 4.79 Å². The predicted molar refractivity (Wildman–Crippen MR) is 99.2 cm³/mol. The Hall–Kier alpha value is -3.47. The molecule has 4 aromatic rings. The molecule has 0 aliphatic rings. The lowest BCUT2D eigenvalue weighted by Gasteiger charge is -2.10. The number of nitrogens with one attached hydrogen (secondary N) is 2. The number of fused-ring (bicyclic) bond motifs is 1. The fourth-order valence-corrected chi connectivity index (χ4v) is 2.82. The third-order valence-corrected chi connectivity index (χ3v) is 4.00. The molecule has 5 nitrogen and oxygen atoms in total. The van der Waals surface area contributed by atoms with Gasteiger partial charge in [0.05, 0.1) is 5.39 Å². The van der Waals surface area contributed by atoms with Crippen molar-refractivity contribution in [3.05, 3.63) is 71.9 Å². The average Bonchev–Trinajstić information content (AvgIpc) is 3.06. The fourth-order valence-electron chi connectivity index (χ4n) is 2.82. The van der Waals surface area contributed by atoms with E-state index in [4.69, 9.17) is 0 Å². The largest absolute Gasteiger partial charge is 0.345 e. The maximum Gasteiger partial charge on any atom is 0.163 e. The van der Waals surface area contributed by atoms with E-state index in [9.17, 15) is 4.79 Å². The molecule has 0 radical (unpaired) electrons. The summed E-state index contributed by atoms with van der Waals surface area (Å²) in [6.07, 6.45) is 2.47. The zero-order valence-electron chi connectivity index (χ0n) is 13.7. The molecule has 0 spiro atoms. The summed E-state index contributed by atoms with van der Waals surface area (Å²) in [5.41, 5.74) is 4.13. The molecule has 0 saturated carbocycles. The van der Waals surface area contributed by atoms with Crippen LogP contribution in [-0.2, 0) is 0 Å². The quantitative estimate of drug-likeness (QED) is 0.542. The smallest absolute Gasteiger partial charge is 0.163 e. The Morgan fingerprint density at radius 2 is 1.88 bits per heavy atom. The SMILES string of the molecule is Cc1cccc(Nc2nc(-c3ccccc3)nc3[nH]cc(C=O)c23)c1. The average molecular weight is 328 g/mol. The van der Waals surface area contributed by atoms with Crippen LogP contribution in [0.1, 0.15) is 15.9 Å². The molecular formula is C20H16N4O. The number of nitrogens with zero attached hydrogens (tertiary/aromatic N) is 2. The number of anilines is 2. The second-order valence-electron chi connectivity index (χ2n) is 5.84. The van der Waals surface area contributed by atoms with E-state index in [0.29, 0.717) is 28.2 Å². The van der Waals surface area contributed by atoms with Crippen LogP contribution >= 0.6 is 0 Å². The van der Waals surface area contributed by atoms with Gasteiger partial charge in [0, 0.05) is 23.0 Å². The summed E-state index contributed by atoms with van der Waals surface area (Å²) >= 11 is 0. The van der Waals surface area contributed by atoms with E-state index in [1.54, 1.807) is 6.20 Å². The van der Waals surface area contributed by atoms with Gasteiger partial charge in [-0.2, -0.15) is 0 Å². The number of aromatic nitrogens is 3. The van der Waals surface area contributed by atoms with Crippen LogP contribution in [0, 0.1) is 6.92 Å². The van der Waals surface area contributed by atoms with Gasteiger partial charge in [0.15, 0.2) is 12.1 Å². The Balaban J connectivity index is 1.90. The summed E-state index contributed by atoms with van der Waals surface area (Å²) in [5.74, 6) is 1.21. The van der Waals surface area contributed by atoms with E-state index >= 15 is 0 Å². The van der Waals surface area contributed by atoms with Crippen molar-refractivity contribution in [3.63, 3.8) is 0 Å². The molecule has 5 heteroatoms. The summed E-state index contributed by atoms with van der Waals surface area (Å²) in [7, 11) is 0. The van der Waals surface area contributed by atoms with E-state index in [-0.39, 0.29) is 0 Å². The molecule has 25 heavy (non-hydrogen) atoms. The minimum absolute atomic E-state index is 0.532. The van der Waals surface area contributed by atoms with Gasteiger partial charge in [-0.05, 0) is 24.6 Å². The first-order chi connectivity index (χ1) is 12.2. The number of hydrogen-bond acceptors (Lipinski definition) is 4. The number of aldehydes is 1. The van der Waals surface area contributed by atoms with Gasteiger partial charge in [0.25, 0.3) is 0 Å². The van der Waals surface area contributed by atoms with Crippen LogP contribution in [0.3, 0.4) is 0 Å². The summed E-state index contributed by atoms with van der Waals surface area (Å²) in [6.45, 7) is 2.03. The Morgan fingerprint density at radius 1 is 1.04 bits per heavy atom. The Labute approximate surface area is 144 Å². The van der Waals surface area contributed by atoms with Crippen LogP contribution in [-0.4, -0.2) is 21.2 Å². The van der Waals surface area contributed by atoms with Gasteiger partial charge in [0.2, 0.25) is 0 Å². The highest BCUT2D eigenvalue weighted by Crippen LogP contribution is 2.29. The van der Waals surface area contributed by atoms with Crippen LogP contribution in [0.25, 0.3) is 22.4 Å². The summed E-state index contributed by atoms with van der Waals surface area (Å²) < 4.78 is 0. The molecule has 0 aliphatic heterocycles. The van der Waals surface area contributed by atoms with Crippen molar-refractivity contribution >= 4 is 28.8 Å². The summed E-state index contributed by atoms with van der Waals surface area (Å²) in [4.78, 5) is 23.7. The monoisotopic (exact) mass is 328 g/mol. The van der Waals surface area contributed by atoms with Gasteiger partial charge in [-0.25, -0.2) is 9.97 Å². The van der Waals surface area contributed by atoms with Gasteiger partial charge in [-0.15, -0.1) is 0 Å². The van der Waals surface area contributed by atoms with E-state index in [2.05, 4.69) is 20.3 Å². The lowest BCUT2D eigenvalue weighted by Crippen LogP contribution is -2.00. The van der Waals surface area contributed by atoms with Crippen LogP contribution in [0.4, 0.5) is 11.5 Å². The topological polar surface area (TPSA) is 70.7 Å². The maximum atomic E-state index is 11.4. The molecular weight excluding hydrogens is 312 g/mol. The number of carbonyl (C=O) groups is 1. The Morgan fingerprint density at radius 3 is 2.64 bits per heavy atom. The molecule has 0 atom stereocenters. The van der Waals surface area contributed by atoms with E-state index in [0.717, 1.165) is 23.1 Å². The third kappa shape index (κ3) is 2.87. The number of hydrogen-bond donors (Lipinski definition) is 2. The Bertz CT molecular complexity index is 1050. The van der Waals surface area contributed by atoms with Gasteiger partial charge in [-0.3, -0.25) is 4.79 Å². The highest BCUT2D eigenvalue weighted by molar-refractivity contribution is 6.03. The number of H-pyrrole nitrogens is 1. The number of aromatic amines is 1. The van der Waals surface area contributed by atoms with Crippen molar-refractivity contribution in [1.29, 1.82) is 0 Å². The standard InChI is InChI=1S/C20H16N4O/c1-13-6-5-9-16(10-13)22-20-17-15(12-25)11-21-19(17)23-18(24-20)14-7-3-2-4-8-14/h2-12H,1H3,(H2,21,22,23,24). The lowest BCUT2D eigenvalue weighted by molar-refractivity contribution is 0.112. The molecule has 2 heterocycles. The first kappa shape index (κ1) is 15.1. The van der Waals surface area contributed by atoms with E-state index < -0.39 is 0 Å². The number of carbonyl (C=O) groups excluding carboxylic acids is 1. The molecule has 2 N–H and O–H groups in total. The van der Waals surface area contributed by atoms with E-state index in [1.165, 1.54) is 0 Å². The number of rotatable bonds is 4. The molecule has 0 fully saturated rings. The van der Waals surface area contributed by atoms with Crippen LogP contribution in [0.2, 0.25) is 0 Å². The normalized spacial score (nSPS) is 10.8. The Kier molecular flexibility index (Phi) is 3.74. The first-order valence-corrected chi connectivity index (χ1v) is 7.98. The van der Waals surface area contributed by atoms with Gasteiger partial charge in [-0.1, -0.05) is 42.5 Å². The van der Waals surface area contributed by atoms with Gasteiger partial charge >= 0.3 is 0 Å². The molecule has 0 amide bonds. The predicted octanol–water partition coefficient (Wildman–Crippen LogP) is 4.49. The fraction of sp³-hybridized carbons (Fsp3) is 0.0500. The van der Waals surface area contributed by atoms with Crippen molar-refractivity contribution in [2.75, 3.05) is 5.32 Å². The molecule has 0 aliphatic carbocycles. The van der Waals surface area contributed by atoms with Crippen molar-refractivity contribution in [3.8, 4) is 11.4 Å². The number of aryl methyl sites for hydroxylation is 1. The van der Waals surface area contributed by atoms with Gasteiger partial charge in [0.1, 0.15) is 11.5 Å². The molecule has 2 aromatic carbocycles. The van der Waals surface area contributed by atoms with Crippen molar-refractivity contribution in [2.45, 2.75) is 6.92 Å². The van der Waals surface area contributed by atoms with Crippen molar-refractivity contribution in [1.82, 2.24) is 15.0 Å². The molecule has 4 rings (SSSR count). The molecule has 122 valence electrons. The zero-order valence-corrected chi connectivity index (χ0v) is 13.7. The van der Waals surface area contributed by atoms with E-state index in [1.807, 2.05) is 61.5 Å². The highest BCUT2D eigenvalue weighted by atomic mass is 16.1. The molecule has 0 saturated heterocycles. The second kappa shape index (κ2) is 6.20. The van der Waals surface area contributed by atoms with Gasteiger partial charge < -0.3 is 10.3 Å². The molecule has 0 unspecified atom stereocenters. The van der Waals surface area contributed by atoms with Crippen LogP contribution in [0.15, 0.2) is 60.8 Å². The minimum atomic E-state index is 0.532. The zero-order chi connectivity index (χ0) is 17.2. The lowest BCUT2D eigenvalue weighted by atomic mass is 10.2. The van der Waals surface area contributed by atoms with Crippen molar-refractivity contribution in [2.24, 2.45) is 0 Å². The van der Waals surface area contributed by atoms with Crippen LogP contribution in [0.5, 0.6) is 0 Å². The highest BCUT2D eigenvalue weighted by Gasteiger charge is 2.14. The second-order valence-corrected chi connectivity index (χ2v) is 5.84. The molecule has 0 bridgehead atoms. The maximum absolute atomic E-state index is 11.4. The van der Waals surface area contributed by atoms with Crippen LogP contribution < -0.4 is 5.32 Å². The minimum Gasteiger partial charge on any atom is -0.345 e. The summed E-state index contributed by atoms with van der Waals surface area (Å²) in [5, 5.41) is 4.02. The summed E-state index contributed by atoms with van der Waals surface area (Å²) in [6, 6.07) is 17.8. The third-order valence-electron chi connectivity index (χ3n) is 4.00. The number of benzene rings is 2. The first-order valence-electron chi connectivity index (χ1n) is 7.98.